The normalized spacial score (nSPS) is 19.1. The molecule has 1 rings (SSSR count). The number of allylic oxidation sites excluding steroid dienone is 5. The summed E-state index contributed by atoms with van der Waals surface area (Å²) in [6, 6.07) is 0. The fourth-order valence-electron chi connectivity index (χ4n) is 0.600. The molecule has 0 aromatic heterocycles. The lowest BCUT2D eigenvalue weighted by molar-refractivity contribution is 1.25. The van der Waals surface area contributed by atoms with Crippen LogP contribution in [0.15, 0.2) is 34.4 Å². The lowest BCUT2D eigenvalue weighted by Gasteiger charge is -2.05. The van der Waals surface area contributed by atoms with E-state index in [2.05, 4.69) is 6.58 Å². The SMILES string of the molecule is C=C1CC=C(Cl)C=C1Cl. The summed E-state index contributed by atoms with van der Waals surface area (Å²) in [4.78, 5) is 0. The molecule has 0 amide bonds. The van der Waals surface area contributed by atoms with E-state index in [9.17, 15) is 0 Å². The van der Waals surface area contributed by atoms with Crippen LogP contribution in [-0.4, -0.2) is 0 Å². The third-order valence-corrected chi connectivity index (χ3v) is 1.79. The van der Waals surface area contributed by atoms with E-state index in [1.165, 1.54) is 0 Å². The van der Waals surface area contributed by atoms with Crippen molar-refractivity contribution >= 4 is 23.2 Å². The molecule has 0 atom stereocenters. The van der Waals surface area contributed by atoms with Crippen LogP contribution in [0.25, 0.3) is 0 Å². The molecule has 9 heavy (non-hydrogen) atoms. The lowest BCUT2D eigenvalue weighted by atomic mass is 10.1. The molecule has 0 heterocycles. The predicted molar refractivity (Wildman–Crippen MR) is 41.6 cm³/mol. The van der Waals surface area contributed by atoms with Gasteiger partial charge in [0.15, 0.2) is 0 Å². The maximum atomic E-state index is 5.70. The van der Waals surface area contributed by atoms with Crippen molar-refractivity contribution in [2.24, 2.45) is 0 Å². The summed E-state index contributed by atoms with van der Waals surface area (Å²) in [7, 11) is 0. The van der Waals surface area contributed by atoms with Crippen LogP contribution in [0.3, 0.4) is 0 Å². The van der Waals surface area contributed by atoms with Crippen molar-refractivity contribution in [2.75, 3.05) is 0 Å². The van der Waals surface area contributed by atoms with E-state index < -0.39 is 0 Å². The molecule has 1 aliphatic carbocycles. The summed E-state index contributed by atoms with van der Waals surface area (Å²) in [5.41, 5.74) is 0.932. The average Bonchev–Trinajstić information content (AvgIpc) is 1.80. The minimum Gasteiger partial charge on any atom is -0.0940 e. The molecule has 1 aliphatic rings. The van der Waals surface area contributed by atoms with Crippen LogP contribution < -0.4 is 0 Å². The van der Waals surface area contributed by atoms with Crippen LogP contribution in [0.4, 0.5) is 0 Å². The molecule has 0 aromatic rings. The van der Waals surface area contributed by atoms with Crippen molar-refractivity contribution in [1.82, 2.24) is 0 Å². The Labute approximate surface area is 64.5 Å². The molecule has 0 N–H and O–H groups in total. The molecule has 0 radical (unpaired) electrons. The summed E-state index contributed by atoms with van der Waals surface area (Å²) in [6.07, 6.45) is 4.36. The number of rotatable bonds is 0. The highest BCUT2D eigenvalue weighted by Gasteiger charge is 2.03. The van der Waals surface area contributed by atoms with Crippen molar-refractivity contribution in [3.8, 4) is 0 Å². The van der Waals surface area contributed by atoms with E-state index in [-0.39, 0.29) is 0 Å². The quantitative estimate of drug-likeness (QED) is 0.511. The van der Waals surface area contributed by atoms with E-state index in [1.54, 1.807) is 6.08 Å². The molecule has 0 saturated heterocycles. The summed E-state index contributed by atoms with van der Waals surface area (Å²) < 4.78 is 0. The molecule has 0 saturated carbocycles. The van der Waals surface area contributed by atoms with Gasteiger partial charge in [0.1, 0.15) is 0 Å². The molecular weight excluding hydrogens is 155 g/mol. The zero-order valence-electron chi connectivity index (χ0n) is 4.82. The maximum absolute atomic E-state index is 5.70. The van der Waals surface area contributed by atoms with E-state index in [4.69, 9.17) is 23.2 Å². The fraction of sp³-hybridized carbons (Fsp3) is 0.143. The number of halogens is 2. The standard InChI is InChI=1S/C7H6Cl2/c1-5-2-3-6(8)4-7(5)9/h3-4H,1-2H2. The molecule has 2 heteroatoms. The van der Waals surface area contributed by atoms with E-state index in [1.807, 2.05) is 6.08 Å². The first-order chi connectivity index (χ1) is 4.20. The Morgan fingerprint density at radius 2 is 2.11 bits per heavy atom. The van der Waals surface area contributed by atoms with Crippen LogP contribution in [0.5, 0.6) is 0 Å². The Morgan fingerprint density at radius 3 is 2.56 bits per heavy atom. The third-order valence-electron chi connectivity index (χ3n) is 1.15. The topological polar surface area (TPSA) is 0 Å². The first-order valence-corrected chi connectivity index (χ1v) is 3.37. The number of hydrogen-bond donors (Lipinski definition) is 0. The van der Waals surface area contributed by atoms with Gasteiger partial charge < -0.3 is 0 Å². The Hall–Kier alpha value is -0.200. The summed E-state index contributed by atoms with van der Waals surface area (Å²) in [5.74, 6) is 0. The van der Waals surface area contributed by atoms with Gasteiger partial charge in [-0.05, 0) is 18.1 Å². The van der Waals surface area contributed by atoms with Gasteiger partial charge >= 0.3 is 0 Å². The first-order valence-electron chi connectivity index (χ1n) is 2.61. The van der Waals surface area contributed by atoms with Gasteiger partial charge in [0.25, 0.3) is 0 Å². The first kappa shape index (κ1) is 6.91. The average molecular weight is 161 g/mol. The lowest BCUT2D eigenvalue weighted by Crippen LogP contribution is -1.85. The van der Waals surface area contributed by atoms with Crippen LogP contribution >= 0.6 is 23.2 Å². The van der Waals surface area contributed by atoms with Crippen LogP contribution in [-0.2, 0) is 0 Å². The zero-order chi connectivity index (χ0) is 6.85. The highest BCUT2D eigenvalue weighted by atomic mass is 35.5. The Kier molecular flexibility index (Phi) is 1.99. The largest absolute Gasteiger partial charge is 0.0940 e. The second-order valence-corrected chi connectivity index (χ2v) is 2.73. The predicted octanol–water partition coefficient (Wildman–Crippen LogP) is 3.19. The summed E-state index contributed by atoms with van der Waals surface area (Å²) in [6.45, 7) is 3.73. The highest BCUT2D eigenvalue weighted by Crippen LogP contribution is 2.25. The van der Waals surface area contributed by atoms with Crippen LogP contribution in [0.2, 0.25) is 0 Å². The zero-order valence-corrected chi connectivity index (χ0v) is 6.34. The van der Waals surface area contributed by atoms with E-state index in [0.717, 1.165) is 12.0 Å². The Bertz CT molecular complexity index is 199. The van der Waals surface area contributed by atoms with Crippen molar-refractivity contribution in [3.05, 3.63) is 34.4 Å². The fourth-order valence-corrected chi connectivity index (χ4v) is 1.04. The van der Waals surface area contributed by atoms with Crippen LogP contribution in [0.1, 0.15) is 6.42 Å². The molecule has 0 spiro atoms. The van der Waals surface area contributed by atoms with E-state index in [0.29, 0.717) is 10.1 Å². The molecule has 0 aromatic carbocycles. The van der Waals surface area contributed by atoms with Gasteiger partial charge in [-0.25, -0.2) is 0 Å². The number of hydrogen-bond acceptors (Lipinski definition) is 0. The minimum absolute atomic E-state index is 0.669. The maximum Gasteiger partial charge on any atom is 0.0449 e. The molecule has 0 aliphatic heterocycles. The van der Waals surface area contributed by atoms with Gasteiger partial charge in [0.05, 0.1) is 0 Å². The van der Waals surface area contributed by atoms with Gasteiger partial charge in [-0.15, -0.1) is 0 Å². The molecule has 0 bridgehead atoms. The van der Waals surface area contributed by atoms with Gasteiger partial charge in [0, 0.05) is 10.1 Å². The Morgan fingerprint density at radius 1 is 1.44 bits per heavy atom. The van der Waals surface area contributed by atoms with Crippen LogP contribution in [0, 0.1) is 0 Å². The molecule has 0 unspecified atom stereocenters. The minimum atomic E-state index is 0.669. The molecular formula is C7H6Cl2. The smallest absolute Gasteiger partial charge is 0.0449 e. The molecule has 0 nitrogen and oxygen atoms in total. The highest BCUT2D eigenvalue weighted by molar-refractivity contribution is 6.36. The second kappa shape index (κ2) is 2.59. The van der Waals surface area contributed by atoms with Gasteiger partial charge in [-0.1, -0.05) is 35.9 Å². The molecule has 48 valence electrons. The molecule has 0 fully saturated rings. The summed E-state index contributed by atoms with van der Waals surface area (Å²) >= 11 is 11.3. The van der Waals surface area contributed by atoms with E-state index >= 15 is 0 Å². The van der Waals surface area contributed by atoms with Crippen molar-refractivity contribution in [1.29, 1.82) is 0 Å². The third kappa shape index (κ3) is 1.60. The monoisotopic (exact) mass is 160 g/mol. The van der Waals surface area contributed by atoms with Crippen molar-refractivity contribution < 1.29 is 0 Å². The van der Waals surface area contributed by atoms with Gasteiger partial charge in [-0.3, -0.25) is 0 Å². The summed E-state index contributed by atoms with van der Waals surface area (Å²) in [5, 5.41) is 1.37. The Balaban J connectivity index is 2.87. The second-order valence-electron chi connectivity index (χ2n) is 1.89. The van der Waals surface area contributed by atoms with Gasteiger partial charge in [0.2, 0.25) is 0 Å². The van der Waals surface area contributed by atoms with Crippen molar-refractivity contribution in [2.45, 2.75) is 6.42 Å². The van der Waals surface area contributed by atoms with Gasteiger partial charge in [-0.2, -0.15) is 0 Å². The van der Waals surface area contributed by atoms with Crippen molar-refractivity contribution in [3.63, 3.8) is 0 Å².